The highest BCUT2D eigenvalue weighted by molar-refractivity contribution is 14.0. The van der Waals surface area contributed by atoms with Crippen LogP contribution >= 0.6 is 35.3 Å². The predicted molar refractivity (Wildman–Crippen MR) is 125 cm³/mol. The zero-order chi connectivity index (χ0) is 18.8. The molecule has 0 aromatic carbocycles. The van der Waals surface area contributed by atoms with Crippen molar-refractivity contribution < 1.29 is 4.74 Å². The summed E-state index contributed by atoms with van der Waals surface area (Å²) in [6.45, 7) is 17.8. The number of nitrogens with one attached hydrogen (secondary N) is 1. The third-order valence-electron chi connectivity index (χ3n) is 6.25. The molecule has 1 atom stereocenters. The van der Waals surface area contributed by atoms with E-state index >= 15 is 0 Å². The number of hydrogen-bond donors (Lipinski definition) is 1. The quantitative estimate of drug-likeness (QED) is 0.375. The van der Waals surface area contributed by atoms with E-state index in [9.17, 15) is 0 Å². The Labute approximate surface area is 185 Å². The van der Waals surface area contributed by atoms with Gasteiger partial charge in [0, 0.05) is 42.0 Å². The van der Waals surface area contributed by atoms with Crippen LogP contribution in [0.2, 0.25) is 0 Å². The standard InChI is InChI=1S/C20H34N4OS.HI/c1-6-21-18(24-15-19(2,3)20(24,4)5)22-14-16(17-8-7-13-26-17)23-9-11-25-12-10-23;/h7-8,13,16H,6,9-12,14-15H2,1-5H3,(H,21,22);1H. The van der Waals surface area contributed by atoms with Gasteiger partial charge in [0.25, 0.3) is 0 Å². The van der Waals surface area contributed by atoms with Crippen molar-refractivity contribution in [3.05, 3.63) is 22.4 Å². The molecule has 2 aliphatic rings. The second-order valence-electron chi connectivity index (χ2n) is 8.40. The largest absolute Gasteiger partial charge is 0.379 e. The summed E-state index contributed by atoms with van der Waals surface area (Å²) in [4.78, 5) is 11.4. The number of nitrogens with zero attached hydrogens (tertiary/aromatic N) is 3. The third kappa shape index (κ3) is 4.79. The molecule has 2 fully saturated rings. The Morgan fingerprint density at radius 3 is 2.52 bits per heavy atom. The van der Waals surface area contributed by atoms with Gasteiger partial charge < -0.3 is 15.0 Å². The van der Waals surface area contributed by atoms with Crippen molar-refractivity contribution in [2.45, 2.75) is 46.2 Å². The van der Waals surface area contributed by atoms with Crippen molar-refractivity contribution in [3.8, 4) is 0 Å². The van der Waals surface area contributed by atoms with E-state index in [-0.39, 0.29) is 29.5 Å². The molecule has 154 valence electrons. The van der Waals surface area contributed by atoms with E-state index in [2.05, 4.69) is 67.2 Å². The summed E-state index contributed by atoms with van der Waals surface area (Å²) in [6.07, 6.45) is 0. The molecule has 0 aliphatic carbocycles. The molecule has 1 N–H and O–H groups in total. The first kappa shape index (κ1) is 22.9. The molecule has 1 aromatic rings. The number of ether oxygens (including phenoxy) is 1. The molecular weight excluding hydrogens is 471 g/mol. The summed E-state index contributed by atoms with van der Waals surface area (Å²) in [7, 11) is 0. The van der Waals surface area contributed by atoms with Crippen LogP contribution in [0.3, 0.4) is 0 Å². The van der Waals surface area contributed by atoms with Gasteiger partial charge in [0.2, 0.25) is 0 Å². The van der Waals surface area contributed by atoms with Crippen molar-refractivity contribution >= 4 is 41.3 Å². The first-order chi connectivity index (χ1) is 12.4. The van der Waals surface area contributed by atoms with Crippen LogP contribution in [0, 0.1) is 5.41 Å². The third-order valence-corrected chi connectivity index (χ3v) is 7.22. The number of rotatable bonds is 5. The van der Waals surface area contributed by atoms with E-state index in [1.165, 1.54) is 4.88 Å². The maximum absolute atomic E-state index is 5.55. The van der Waals surface area contributed by atoms with Gasteiger partial charge in [-0.3, -0.25) is 9.89 Å². The molecule has 0 bridgehead atoms. The molecule has 1 unspecified atom stereocenters. The average molecular weight is 506 g/mol. The molecule has 3 rings (SSSR count). The van der Waals surface area contributed by atoms with Crippen LogP contribution in [0.15, 0.2) is 22.5 Å². The lowest BCUT2D eigenvalue weighted by atomic mass is 9.65. The predicted octanol–water partition coefficient (Wildman–Crippen LogP) is 3.83. The molecule has 2 aliphatic heterocycles. The van der Waals surface area contributed by atoms with Gasteiger partial charge in [0.05, 0.1) is 25.8 Å². The van der Waals surface area contributed by atoms with Crippen molar-refractivity contribution in [2.24, 2.45) is 10.4 Å². The van der Waals surface area contributed by atoms with Crippen LogP contribution in [-0.2, 0) is 4.74 Å². The van der Waals surface area contributed by atoms with Crippen molar-refractivity contribution in [2.75, 3.05) is 45.9 Å². The van der Waals surface area contributed by atoms with Crippen LogP contribution in [0.25, 0.3) is 0 Å². The summed E-state index contributed by atoms with van der Waals surface area (Å²) >= 11 is 1.83. The SMILES string of the molecule is CCNC(=NCC(c1cccs1)N1CCOCC1)N1CC(C)(C)C1(C)C.I. The molecular formula is C20H35IN4OS. The fourth-order valence-electron chi connectivity index (χ4n) is 3.72. The first-order valence-corrected chi connectivity index (χ1v) is 10.7. The molecule has 2 saturated heterocycles. The molecule has 0 saturated carbocycles. The van der Waals surface area contributed by atoms with Gasteiger partial charge in [-0.1, -0.05) is 19.9 Å². The van der Waals surface area contributed by atoms with Gasteiger partial charge in [0.15, 0.2) is 5.96 Å². The topological polar surface area (TPSA) is 40.1 Å². The Morgan fingerprint density at radius 2 is 2.00 bits per heavy atom. The Hall–Kier alpha value is -0.380. The van der Waals surface area contributed by atoms with E-state index in [1.807, 2.05) is 11.3 Å². The maximum Gasteiger partial charge on any atom is 0.194 e. The van der Waals surface area contributed by atoms with Crippen molar-refractivity contribution in [3.63, 3.8) is 0 Å². The molecule has 0 radical (unpaired) electrons. The monoisotopic (exact) mass is 506 g/mol. The smallest absolute Gasteiger partial charge is 0.194 e. The summed E-state index contributed by atoms with van der Waals surface area (Å²) < 4.78 is 5.55. The first-order valence-electron chi connectivity index (χ1n) is 9.78. The Morgan fingerprint density at radius 1 is 1.30 bits per heavy atom. The van der Waals surface area contributed by atoms with Crippen molar-refractivity contribution in [1.29, 1.82) is 0 Å². The summed E-state index contributed by atoms with van der Waals surface area (Å²) in [6, 6.07) is 4.72. The summed E-state index contributed by atoms with van der Waals surface area (Å²) in [5.41, 5.74) is 0.423. The van der Waals surface area contributed by atoms with Gasteiger partial charge >= 0.3 is 0 Å². The minimum atomic E-state index is 0. The molecule has 27 heavy (non-hydrogen) atoms. The van der Waals surface area contributed by atoms with E-state index < -0.39 is 0 Å². The molecule has 7 heteroatoms. The summed E-state index contributed by atoms with van der Waals surface area (Å²) in [5, 5.41) is 5.68. The molecule has 1 aromatic heterocycles. The van der Waals surface area contributed by atoms with Crippen LogP contribution in [-0.4, -0.2) is 67.2 Å². The lowest BCUT2D eigenvalue weighted by Gasteiger charge is -2.62. The molecule has 3 heterocycles. The van der Waals surface area contributed by atoms with Gasteiger partial charge in [-0.15, -0.1) is 35.3 Å². The van der Waals surface area contributed by atoms with Crippen LogP contribution in [0.5, 0.6) is 0 Å². The number of guanidine groups is 1. The van der Waals surface area contributed by atoms with Crippen LogP contribution in [0.4, 0.5) is 0 Å². The van der Waals surface area contributed by atoms with Gasteiger partial charge in [-0.25, -0.2) is 0 Å². The Bertz CT molecular complexity index is 612. The van der Waals surface area contributed by atoms with Crippen LogP contribution in [0.1, 0.15) is 45.5 Å². The number of morpholine rings is 1. The Balaban J connectivity index is 0.00000261. The van der Waals surface area contributed by atoms with Gasteiger partial charge in [0.1, 0.15) is 0 Å². The highest BCUT2D eigenvalue weighted by Crippen LogP contribution is 2.46. The van der Waals surface area contributed by atoms with Gasteiger partial charge in [-0.05, 0) is 32.2 Å². The second kappa shape index (κ2) is 9.41. The normalized spacial score (nSPS) is 23.3. The van der Waals surface area contributed by atoms with E-state index in [1.54, 1.807) is 0 Å². The number of thiophene rings is 1. The fourth-order valence-corrected chi connectivity index (χ4v) is 4.58. The minimum Gasteiger partial charge on any atom is -0.379 e. The highest BCUT2D eigenvalue weighted by Gasteiger charge is 2.53. The highest BCUT2D eigenvalue weighted by atomic mass is 127. The second-order valence-corrected chi connectivity index (χ2v) is 9.38. The number of hydrogen-bond acceptors (Lipinski definition) is 4. The number of aliphatic imine (C=N–C) groups is 1. The van der Waals surface area contributed by atoms with Gasteiger partial charge in [-0.2, -0.15) is 0 Å². The lowest BCUT2D eigenvalue weighted by molar-refractivity contribution is -0.0668. The minimum absolute atomic E-state index is 0. The zero-order valence-electron chi connectivity index (χ0n) is 17.3. The van der Waals surface area contributed by atoms with E-state index in [0.717, 1.165) is 51.9 Å². The number of halogens is 1. The molecule has 0 spiro atoms. The Kier molecular flexibility index (Phi) is 7.98. The lowest BCUT2D eigenvalue weighted by Crippen LogP contribution is -2.72. The maximum atomic E-state index is 5.55. The zero-order valence-corrected chi connectivity index (χ0v) is 20.5. The molecule has 5 nitrogen and oxygen atoms in total. The van der Waals surface area contributed by atoms with Crippen molar-refractivity contribution in [1.82, 2.24) is 15.1 Å². The number of likely N-dealkylation sites (tertiary alicyclic amines) is 1. The van der Waals surface area contributed by atoms with Crippen LogP contribution < -0.4 is 5.32 Å². The fraction of sp³-hybridized carbons (Fsp3) is 0.750. The van der Waals surface area contributed by atoms with E-state index in [0.29, 0.717) is 11.5 Å². The van der Waals surface area contributed by atoms with E-state index in [4.69, 9.17) is 9.73 Å². The molecule has 0 amide bonds. The summed E-state index contributed by atoms with van der Waals surface area (Å²) in [5.74, 6) is 1.05. The average Bonchev–Trinajstić information content (AvgIpc) is 3.14.